The van der Waals surface area contributed by atoms with Crippen LogP contribution in [0.1, 0.15) is 37.7 Å². The molecule has 5 heteroatoms. The molecule has 1 aromatic carbocycles. The molecule has 1 heterocycles. The molecule has 2 aliphatic rings. The Bertz CT molecular complexity index is 639. The Morgan fingerprint density at radius 1 is 1.12 bits per heavy atom. The van der Waals surface area contributed by atoms with Crippen LogP contribution < -0.4 is 0 Å². The highest BCUT2D eigenvalue weighted by molar-refractivity contribution is 6.30. The van der Waals surface area contributed by atoms with Crippen molar-refractivity contribution < 1.29 is 14.7 Å². The van der Waals surface area contributed by atoms with Crippen LogP contribution in [0.15, 0.2) is 29.8 Å². The standard InChI is InChI=1S/C19H22ClNO3/c20-17-7-5-13(6-8-17)9-16(19(23)24)10-18(22)21-11-14-3-1-2-4-15(14)12-21/h5-9,14-15H,1-4,10-12H2,(H,23,24)/b16-9-. The highest BCUT2D eigenvalue weighted by Crippen LogP contribution is 2.36. The van der Waals surface area contributed by atoms with Gasteiger partial charge in [0.25, 0.3) is 0 Å². The minimum absolute atomic E-state index is 0.0581. The third kappa shape index (κ3) is 3.99. The van der Waals surface area contributed by atoms with Gasteiger partial charge >= 0.3 is 5.97 Å². The molecule has 1 N–H and O–H groups in total. The Kier molecular flexibility index (Phi) is 5.24. The molecular formula is C19H22ClNO3. The van der Waals surface area contributed by atoms with Crippen LogP contribution in [-0.4, -0.2) is 35.0 Å². The molecular weight excluding hydrogens is 326 g/mol. The number of carbonyl (C=O) groups excluding carboxylic acids is 1. The molecule has 1 saturated heterocycles. The van der Waals surface area contributed by atoms with Crippen molar-refractivity contribution in [2.75, 3.05) is 13.1 Å². The van der Waals surface area contributed by atoms with Gasteiger partial charge in [0.05, 0.1) is 6.42 Å². The summed E-state index contributed by atoms with van der Waals surface area (Å²) in [6.45, 7) is 1.58. The number of halogens is 1. The molecule has 0 radical (unpaired) electrons. The lowest BCUT2D eigenvalue weighted by Crippen LogP contribution is -2.29. The minimum Gasteiger partial charge on any atom is -0.478 e. The Labute approximate surface area is 147 Å². The number of rotatable bonds is 4. The fourth-order valence-electron chi connectivity index (χ4n) is 3.83. The lowest BCUT2D eigenvalue weighted by Gasteiger charge is -2.22. The first-order valence-electron chi connectivity index (χ1n) is 8.50. The van der Waals surface area contributed by atoms with Crippen LogP contribution in [0.3, 0.4) is 0 Å². The van der Waals surface area contributed by atoms with Crippen LogP contribution in [0.2, 0.25) is 5.02 Å². The number of aliphatic carboxylic acids is 1. The van der Waals surface area contributed by atoms with Gasteiger partial charge in [0.15, 0.2) is 0 Å². The molecule has 1 amide bonds. The zero-order valence-electron chi connectivity index (χ0n) is 13.6. The van der Waals surface area contributed by atoms with Crippen molar-refractivity contribution in [1.82, 2.24) is 4.90 Å². The Balaban J connectivity index is 1.68. The van der Waals surface area contributed by atoms with Crippen molar-refractivity contribution in [2.24, 2.45) is 11.8 Å². The molecule has 0 bridgehead atoms. The SMILES string of the molecule is O=C(O)/C(=C\c1ccc(Cl)cc1)CC(=O)N1CC2CCCCC2C1. The molecule has 2 unspecified atom stereocenters. The summed E-state index contributed by atoms with van der Waals surface area (Å²) in [6, 6.07) is 6.92. The van der Waals surface area contributed by atoms with Gasteiger partial charge in [0, 0.05) is 23.7 Å². The van der Waals surface area contributed by atoms with E-state index < -0.39 is 5.97 Å². The number of likely N-dealkylation sites (tertiary alicyclic amines) is 1. The van der Waals surface area contributed by atoms with E-state index in [0.717, 1.165) is 18.7 Å². The van der Waals surface area contributed by atoms with Crippen molar-refractivity contribution in [3.63, 3.8) is 0 Å². The van der Waals surface area contributed by atoms with Crippen LogP contribution in [0.5, 0.6) is 0 Å². The zero-order chi connectivity index (χ0) is 17.1. The van der Waals surface area contributed by atoms with E-state index in [9.17, 15) is 14.7 Å². The number of fused-ring (bicyclic) bond motifs is 1. The second-order valence-corrected chi connectivity index (χ2v) is 7.24. The highest BCUT2D eigenvalue weighted by atomic mass is 35.5. The van der Waals surface area contributed by atoms with Crippen LogP contribution in [-0.2, 0) is 9.59 Å². The second-order valence-electron chi connectivity index (χ2n) is 6.81. The fraction of sp³-hybridized carbons (Fsp3) is 0.474. The number of hydrogen-bond donors (Lipinski definition) is 1. The summed E-state index contributed by atoms with van der Waals surface area (Å²) in [6.07, 6.45) is 6.39. The molecule has 2 atom stereocenters. The maximum atomic E-state index is 12.5. The Morgan fingerprint density at radius 3 is 2.25 bits per heavy atom. The van der Waals surface area contributed by atoms with Gasteiger partial charge in [-0.05, 0) is 48.4 Å². The molecule has 2 fully saturated rings. The normalized spacial score (nSPS) is 23.9. The van der Waals surface area contributed by atoms with Gasteiger partial charge in [-0.25, -0.2) is 4.79 Å². The minimum atomic E-state index is -1.05. The first kappa shape index (κ1) is 17.0. The molecule has 0 aromatic heterocycles. The van der Waals surface area contributed by atoms with E-state index in [2.05, 4.69) is 0 Å². The van der Waals surface area contributed by atoms with Gasteiger partial charge in [-0.15, -0.1) is 0 Å². The molecule has 1 aliphatic heterocycles. The monoisotopic (exact) mass is 347 g/mol. The van der Waals surface area contributed by atoms with E-state index in [1.165, 1.54) is 25.7 Å². The third-order valence-corrected chi connectivity index (χ3v) is 5.41. The number of carboxylic acids is 1. The fourth-order valence-corrected chi connectivity index (χ4v) is 3.96. The van der Waals surface area contributed by atoms with Gasteiger partial charge in [0.2, 0.25) is 5.91 Å². The lowest BCUT2D eigenvalue weighted by molar-refractivity contribution is -0.136. The van der Waals surface area contributed by atoms with Gasteiger partial charge in [-0.2, -0.15) is 0 Å². The Morgan fingerprint density at radius 2 is 1.71 bits per heavy atom. The van der Waals surface area contributed by atoms with Crippen LogP contribution in [0.4, 0.5) is 0 Å². The predicted octanol–water partition coefficient (Wildman–Crippen LogP) is 3.85. The maximum absolute atomic E-state index is 12.5. The first-order chi connectivity index (χ1) is 11.5. The molecule has 24 heavy (non-hydrogen) atoms. The summed E-state index contributed by atoms with van der Waals surface area (Å²) >= 11 is 5.84. The quantitative estimate of drug-likeness (QED) is 0.842. The second kappa shape index (κ2) is 7.39. The van der Waals surface area contributed by atoms with Crippen LogP contribution >= 0.6 is 11.6 Å². The highest BCUT2D eigenvalue weighted by Gasteiger charge is 2.36. The molecule has 0 spiro atoms. The molecule has 4 nitrogen and oxygen atoms in total. The van der Waals surface area contributed by atoms with Crippen LogP contribution in [0.25, 0.3) is 6.08 Å². The average molecular weight is 348 g/mol. The van der Waals surface area contributed by atoms with Crippen molar-refractivity contribution in [3.05, 3.63) is 40.4 Å². The van der Waals surface area contributed by atoms with Crippen molar-refractivity contribution in [3.8, 4) is 0 Å². The lowest BCUT2D eigenvalue weighted by atomic mass is 9.82. The number of benzene rings is 1. The molecule has 3 rings (SSSR count). The van der Waals surface area contributed by atoms with E-state index >= 15 is 0 Å². The molecule has 1 aromatic rings. The van der Waals surface area contributed by atoms with Crippen molar-refractivity contribution in [2.45, 2.75) is 32.1 Å². The molecule has 1 saturated carbocycles. The third-order valence-electron chi connectivity index (χ3n) is 5.16. The van der Waals surface area contributed by atoms with Gasteiger partial charge in [-0.3, -0.25) is 4.79 Å². The summed E-state index contributed by atoms with van der Waals surface area (Å²) in [5.74, 6) is 0.0920. The summed E-state index contributed by atoms with van der Waals surface area (Å²) in [4.78, 5) is 25.9. The van der Waals surface area contributed by atoms with Gasteiger partial charge in [0.1, 0.15) is 0 Å². The van der Waals surface area contributed by atoms with E-state index in [4.69, 9.17) is 11.6 Å². The van der Waals surface area contributed by atoms with Gasteiger partial charge in [-0.1, -0.05) is 36.6 Å². The number of carboxylic acid groups (broad SMARTS) is 1. The van der Waals surface area contributed by atoms with Gasteiger partial charge < -0.3 is 10.0 Å². The van der Waals surface area contributed by atoms with E-state index in [1.54, 1.807) is 30.3 Å². The maximum Gasteiger partial charge on any atom is 0.332 e. The topological polar surface area (TPSA) is 57.6 Å². The predicted molar refractivity (Wildman–Crippen MR) is 93.7 cm³/mol. The van der Waals surface area contributed by atoms with Crippen molar-refractivity contribution in [1.29, 1.82) is 0 Å². The van der Waals surface area contributed by atoms with E-state index in [0.29, 0.717) is 16.9 Å². The first-order valence-corrected chi connectivity index (χ1v) is 8.88. The van der Waals surface area contributed by atoms with Crippen molar-refractivity contribution >= 4 is 29.6 Å². The largest absolute Gasteiger partial charge is 0.478 e. The summed E-state index contributed by atoms with van der Waals surface area (Å²) in [5.41, 5.74) is 0.858. The number of carbonyl (C=O) groups is 2. The summed E-state index contributed by atoms with van der Waals surface area (Å²) in [5, 5.41) is 10.0. The van der Waals surface area contributed by atoms with Crippen LogP contribution in [0, 0.1) is 11.8 Å². The number of amides is 1. The average Bonchev–Trinajstić information content (AvgIpc) is 3.00. The Hall–Kier alpha value is -1.81. The number of nitrogens with zero attached hydrogens (tertiary/aromatic N) is 1. The number of hydrogen-bond acceptors (Lipinski definition) is 2. The van der Waals surface area contributed by atoms with E-state index in [1.807, 2.05) is 4.90 Å². The summed E-state index contributed by atoms with van der Waals surface area (Å²) < 4.78 is 0. The van der Waals surface area contributed by atoms with E-state index in [-0.39, 0.29) is 17.9 Å². The molecule has 128 valence electrons. The molecule has 1 aliphatic carbocycles. The zero-order valence-corrected chi connectivity index (χ0v) is 14.3. The smallest absolute Gasteiger partial charge is 0.332 e. The summed E-state index contributed by atoms with van der Waals surface area (Å²) in [7, 11) is 0.